The number of nitrogens with two attached hydrogens (primary N) is 2. The number of halogens is 1. The highest BCUT2D eigenvalue weighted by Gasteiger charge is 2.16. The number of amides is 1. The van der Waals surface area contributed by atoms with Crippen LogP contribution >= 0.6 is 0 Å². The van der Waals surface area contributed by atoms with Crippen molar-refractivity contribution in [3.05, 3.63) is 23.5 Å². The van der Waals surface area contributed by atoms with Gasteiger partial charge >= 0.3 is 0 Å². The molecule has 1 aromatic carbocycles. The Morgan fingerprint density at radius 2 is 2.16 bits per heavy atom. The molecule has 1 amide bonds. The Morgan fingerprint density at radius 1 is 1.47 bits per heavy atom. The number of benzene rings is 1. The first-order valence-corrected chi connectivity index (χ1v) is 5.74. The lowest BCUT2D eigenvalue weighted by molar-refractivity contribution is 0.100. The van der Waals surface area contributed by atoms with E-state index in [1.807, 2.05) is 0 Å². The average molecular weight is 271 g/mol. The van der Waals surface area contributed by atoms with Crippen LogP contribution in [0.25, 0.3) is 0 Å². The van der Waals surface area contributed by atoms with Crippen LogP contribution in [0.3, 0.4) is 0 Å². The van der Waals surface area contributed by atoms with Gasteiger partial charge in [0.25, 0.3) is 5.91 Å². The molecule has 0 radical (unpaired) electrons. The Hall–Kier alpha value is -1.86. The van der Waals surface area contributed by atoms with Gasteiger partial charge in [0.15, 0.2) is 0 Å². The van der Waals surface area contributed by atoms with Crippen LogP contribution in [-0.4, -0.2) is 44.4 Å². The lowest BCUT2D eigenvalue weighted by atomic mass is 10.1. The molecule has 0 aromatic heterocycles. The number of aliphatic hydroxyl groups is 1. The molecule has 106 valence electrons. The van der Waals surface area contributed by atoms with E-state index >= 15 is 0 Å². The molecule has 0 aliphatic carbocycles. The Balaban J connectivity index is 3.13. The predicted molar refractivity (Wildman–Crippen MR) is 70.5 cm³/mol. The molecule has 0 saturated carbocycles. The Morgan fingerprint density at radius 3 is 2.68 bits per heavy atom. The molecule has 0 aliphatic rings. The standard InChI is InChI=1S/C12H18FN3O3/c1-19-5-3-16(2-4-17)11-6-8(12(15)18)10(14)7-9(11)13/h6-7,17H,2-5,14H2,1H3,(H2,15,18). The molecule has 19 heavy (non-hydrogen) atoms. The molecule has 0 atom stereocenters. The number of carbonyl (C=O) groups excluding carboxylic acids is 1. The molecular formula is C12H18FN3O3. The summed E-state index contributed by atoms with van der Waals surface area (Å²) in [6.07, 6.45) is 0. The van der Waals surface area contributed by atoms with Crippen molar-refractivity contribution in [2.45, 2.75) is 0 Å². The van der Waals surface area contributed by atoms with E-state index in [0.29, 0.717) is 13.2 Å². The molecule has 0 saturated heterocycles. The molecule has 0 aliphatic heterocycles. The van der Waals surface area contributed by atoms with Gasteiger partial charge in [-0.3, -0.25) is 4.79 Å². The van der Waals surface area contributed by atoms with Crippen LogP contribution in [-0.2, 0) is 4.74 Å². The van der Waals surface area contributed by atoms with Gasteiger partial charge in [0, 0.05) is 25.9 Å². The Bertz CT molecular complexity index is 454. The second-order valence-corrected chi connectivity index (χ2v) is 3.96. The van der Waals surface area contributed by atoms with E-state index in [1.54, 1.807) is 4.90 Å². The number of primary amides is 1. The van der Waals surface area contributed by atoms with Crippen LogP contribution < -0.4 is 16.4 Å². The third kappa shape index (κ3) is 3.80. The molecule has 1 rings (SSSR count). The summed E-state index contributed by atoms with van der Waals surface area (Å²) in [7, 11) is 1.52. The lowest BCUT2D eigenvalue weighted by Gasteiger charge is -2.24. The number of ether oxygens (including phenoxy) is 1. The van der Waals surface area contributed by atoms with E-state index in [2.05, 4.69) is 0 Å². The molecule has 0 bridgehead atoms. The highest BCUT2D eigenvalue weighted by atomic mass is 19.1. The van der Waals surface area contributed by atoms with Crippen molar-refractivity contribution in [2.24, 2.45) is 5.73 Å². The largest absolute Gasteiger partial charge is 0.398 e. The lowest BCUT2D eigenvalue weighted by Crippen LogP contribution is -2.31. The van der Waals surface area contributed by atoms with Crippen LogP contribution in [0.15, 0.2) is 12.1 Å². The minimum absolute atomic E-state index is 0.00978. The first-order chi connectivity index (χ1) is 9.01. The van der Waals surface area contributed by atoms with Crippen LogP contribution in [0.2, 0.25) is 0 Å². The summed E-state index contributed by atoms with van der Waals surface area (Å²) in [4.78, 5) is 12.8. The van der Waals surface area contributed by atoms with E-state index in [-0.39, 0.29) is 30.1 Å². The van der Waals surface area contributed by atoms with Crippen molar-refractivity contribution in [1.82, 2.24) is 0 Å². The van der Waals surface area contributed by atoms with E-state index in [9.17, 15) is 9.18 Å². The van der Waals surface area contributed by atoms with Crippen molar-refractivity contribution < 1.29 is 19.0 Å². The fourth-order valence-corrected chi connectivity index (χ4v) is 1.71. The Kier molecular flexibility index (Phi) is 5.53. The number of methoxy groups -OCH3 is 1. The topological polar surface area (TPSA) is 102 Å². The fraction of sp³-hybridized carbons (Fsp3) is 0.417. The van der Waals surface area contributed by atoms with Gasteiger partial charge in [0.05, 0.1) is 24.5 Å². The number of hydrogen-bond acceptors (Lipinski definition) is 5. The summed E-state index contributed by atoms with van der Waals surface area (Å²) < 4.78 is 18.8. The zero-order valence-electron chi connectivity index (χ0n) is 10.7. The van der Waals surface area contributed by atoms with Gasteiger partial charge in [-0.05, 0) is 12.1 Å². The number of carbonyl (C=O) groups is 1. The molecule has 1 aromatic rings. The highest BCUT2D eigenvalue weighted by molar-refractivity contribution is 5.99. The quantitative estimate of drug-likeness (QED) is 0.604. The number of nitrogens with zero attached hydrogens (tertiary/aromatic N) is 1. The molecule has 6 nitrogen and oxygen atoms in total. The number of nitrogen functional groups attached to an aromatic ring is 1. The number of anilines is 2. The molecular weight excluding hydrogens is 253 g/mol. The molecule has 0 spiro atoms. The van der Waals surface area contributed by atoms with E-state index in [0.717, 1.165) is 6.07 Å². The van der Waals surface area contributed by atoms with Gasteiger partial charge in [-0.15, -0.1) is 0 Å². The normalized spacial score (nSPS) is 10.5. The molecule has 7 heteroatoms. The summed E-state index contributed by atoms with van der Waals surface area (Å²) in [5.74, 6) is -1.30. The maximum Gasteiger partial charge on any atom is 0.250 e. The average Bonchev–Trinajstić information content (AvgIpc) is 2.34. The number of rotatable bonds is 7. The SMILES string of the molecule is COCCN(CCO)c1cc(C(N)=O)c(N)cc1F. The second kappa shape index (κ2) is 6.91. The van der Waals surface area contributed by atoms with Crippen molar-refractivity contribution in [1.29, 1.82) is 0 Å². The van der Waals surface area contributed by atoms with Crippen molar-refractivity contribution in [3.8, 4) is 0 Å². The second-order valence-electron chi connectivity index (χ2n) is 3.96. The monoisotopic (exact) mass is 271 g/mol. The zero-order valence-corrected chi connectivity index (χ0v) is 10.7. The van der Waals surface area contributed by atoms with Gasteiger partial charge in [0.1, 0.15) is 5.82 Å². The zero-order chi connectivity index (χ0) is 14.4. The fourth-order valence-electron chi connectivity index (χ4n) is 1.71. The third-order valence-corrected chi connectivity index (χ3v) is 2.66. The molecule has 0 heterocycles. The van der Waals surface area contributed by atoms with Crippen molar-refractivity contribution >= 4 is 17.3 Å². The highest BCUT2D eigenvalue weighted by Crippen LogP contribution is 2.25. The summed E-state index contributed by atoms with van der Waals surface area (Å²) in [5.41, 5.74) is 10.9. The predicted octanol–water partition coefficient (Wildman–Crippen LogP) is -0.0481. The first kappa shape index (κ1) is 15.2. The van der Waals surface area contributed by atoms with E-state index in [1.165, 1.54) is 13.2 Å². The molecule has 5 N–H and O–H groups in total. The van der Waals surface area contributed by atoms with Gasteiger partial charge in [0.2, 0.25) is 0 Å². The summed E-state index contributed by atoms with van der Waals surface area (Å²) in [5, 5.41) is 9.00. The van der Waals surface area contributed by atoms with Crippen LogP contribution in [0.4, 0.5) is 15.8 Å². The van der Waals surface area contributed by atoms with Crippen molar-refractivity contribution in [2.75, 3.05) is 44.0 Å². The smallest absolute Gasteiger partial charge is 0.250 e. The van der Waals surface area contributed by atoms with Crippen LogP contribution in [0, 0.1) is 5.82 Å². The van der Waals surface area contributed by atoms with Crippen LogP contribution in [0.5, 0.6) is 0 Å². The van der Waals surface area contributed by atoms with E-state index in [4.69, 9.17) is 21.3 Å². The molecule has 0 unspecified atom stereocenters. The summed E-state index contributed by atoms with van der Waals surface area (Å²) in [6.45, 7) is 0.785. The van der Waals surface area contributed by atoms with Gasteiger partial charge in [-0.25, -0.2) is 4.39 Å². The number of aliphatic hydroxyl groups excluding tert-OH is 1. The summed E-state index contributed by atoms with van der Waals surface area (Å²) in [6, 6.07) is 2.34. The third-order valence-electron chi connectivity index (χ3n) is 2.66. The van der Waals surface area contributed by atoms with Crippen molar-refractivity contribution in [3.63, 3.8) is 0 Å². The minimum atomic E-state index is -0.727. The minimum Gasteiger partial charge on any atom is -0.398 e. The maximum absolute atomic E-state index is 13.9. The van der Waals surface area contributed by atoms with Crippen LogP contribution in [0.1, 0.15) is 10.4 Å². The first-order valence-electron chi connectivity index (χ1n) is 5.74. The maximum atomic E-state index is 13.9. The van der Waals surface area contributed by atoms with Gasteiger partial charge in [-0.1, -0.05) is 0 Å². The number of hydrogen-bond donors (Lipinski definition) is 3. The van der Waals surface area contributed by atoms with Gasteiger partial charge < -0.3 is 26.2 Å². The Labute approximate surface area is 110 Å². The van der Waals surface area contributed by atoms with Gasteiger partial charge in [-0.2, -0.15) is 0 Å². The molecule has 0 fully saturated rings. The summed E-state index contributed by atoms with van der Waals surface area (Å²) >= 11 is 0. The van der Waals surface area contributed by atoms with E-state index < -0.39 is 11.7 Å².